The van der Waals surface area contributed by atoms with Crippen LogP contribution < -0.4 is 5.32 Å². The predicted octanol–water partition coefficient (Wildman–Crippen LogP) is 2.22. The molecule has 2 aromatic carbocycles. The van der Waals surface area contributed by atoms with Crippen LogP contribution in [-0.4, -0.2) is 29.4 Å². The Bertz CT molecular complexity index is 623. The molecule has 0 aromatic heterocycles. The Morgan fingerprint density at radius 1 is 1.14 bits per heavy atom. The molecule has 22 heavy (non-hydrogen) atoms. The lowest BCUT2D eigenvalue weighted by Gasteiger charge is -2.20. The molecule has 2 aromatic rings. The molecule has 1 amide bonds. The van der Waals surface area contributed by atoms with Gasteiger partial charge in [0.05, 0.1) is 12.1 Å². The lowest BCUT2D eigenvalue weighted by molar-refractivity contribution is 0.0851. The molecule has 0 heterocycles. The van der Waals surface area contributed by atoms with E-state index in [0.29, 0.717) is 17.5 Å². The van der Waals surface area contributed by atoms with Gasteiger partial charge in [-0.25, -0.2) is 0 Å². The van der Waals surface area contributed by atoms with Gasteiger partial charge in [0.1, 0.15) is 6.29 Å². The summed E-state index contributed by atoms with van der Waals surface area (Å²) in [5.74, 6) is -0.267. The number of hydrogen-bond donors (Lipinski definition) is 2. The zero-order valence-electron chi connectivity index (χ0n) is 12.4. The van der Waals surface area contributed by atoms with Crippen LogP contribution in [0.1, 0.15) is 33.2 Å². The lowest BCUT2D eigenvalue weighted by Crippen LogP contribution is -2.42. The first-order valence-corrected chi connectivity index (χ1v) is 7.18. The third-order valence-electron chi connectivity index (χ3n) is 3.53. The minimum absolute atomic E-state index is 0.267. The third kappa shape index (κ3) is 4.27. The van der Waals surface area contributed by atoms with Gasteiger partial charge in [-0.05, 0) is 24.6 Å². The van der Waals surface area contributed by atoms with Crippen molar-refractivity contribution < 1.29 is 14.7 Å². The van der Waals surface area contributed by atoms with Crippen molar-refractivity contribution in [3.05, 3.63) is 71.3 Å². The van der Waals surface area contributed by atoms with E-state index in [9.17, 15) is 14.7 Å². The normalized spacial score (nSPS) is 13.2. The number of carbonyl (C=O) groups excluding carboxylic acids is 2. The van der Waals surface area contributed by atoms with Gasteiger partial charge in [0, 0.05) is 17.5 Å². The van der Waals surface area contributed by atoms with Crippen molar-refractivity contribution in [2.75, 3.05) is 0 Å². The van der Waals surface area contributed by atoms with Gasteiger partial charge >= 0.3 is 0 Å². The molecule has 2 atom stereocenters. The van der Waals surface area contributed by atoms with Crippen molar-refractivity contribution in [3.63, 3.8) is 0 Å². The van der Waals surface area contributed by atoms with Crippen molar-refractivity contribution in [2.24, 2.45) is 0 Å². The van der Waals surface area contributed by atoms with Gasteiger partial charge in [-0.15, -0.1) is 0 Å². The molecule has 0 saturated heterocycles. The fourth-order valence-corrected chi connectivity index (χ4v) is 2.13. The Labute approximate surface area is 129 Å². The predicted molar refractivity (Wildman–Crippen MR) is 84.9 cm³/mol. The molecule has 2 unspecified atom stereocenters. The number of nitrogens with one attached hydrogen (secondary N) is 1. The van der Waals surface area contributed by atoms with E-state index in [2.05, 4.69) is 5.32 Å². The number of carbonyl (C=O) groups is 2. The first-order valence-electron chi connectivity index (χ1n) is 7.18. The molecule has 2 N–H and O–H groups in total. The Balaban J connectivity index is 1.93. The van der Waals surface area contributed by atoms with E-state index in [4.69, 9.17) is 0 Å². The molecule has 4 nitrogen and oxygen atoms in total. The smallest absolute Gasteiger partial charge is 0.251 e. The van der Waals surface area contributed by atoms with Crippen LogP contribution in [0.15, 0.2) is 54.6 Å². The number of aliphatic hydroxyl groups excluding tert-OH is 1. The molecule has 0 fully saturated rings. The van der Waals surface area contributed by atoms with Crippen molar-refractivity contribution in [2.45, 2.75) is 25.5 Å². The summed E-state index contributed by atoms with van der Waals surface area (Å²) < 4.78 is 0. The Morgan fingerprint density at radius 3 is 2.36 bits per heavy atom. The van der Waals surface area contributed by atoms with Crippen LogP contribution in [0.5, 0.6) is 0 Å². The van der Waals surface area contributed by atoms with Gasteiger partial charge in [0.2, 0.25) is 0 Å². The van der Waals surface area contributed by atoms with E-state index < -0.39 is 6.10 Å². The van der Waals surface area contributed by atoms with Crippen LogP contribution in [0, 0.1) is 0 Å². The molecular weight excluding hydrogens is 278 g/mol. The highest BCUT2D eigenvalue weighted by Crippen LogP contribution is 2.08. The number of hydrogen-bond acceptors (Lipinski definition) is 3. The summed E-state index contributed by atoms with van der Waals surface area (Å²) in [4.78, 5) is 22.7. The van der Waals surface area contributed by atoms with E-state index in [-0.39, 0.29) is 11.9 Å². The second kappa shape index (κ2) is 7.52. The molecule has 0 spiro atoms. The van der Waals surface area contributed by atoms with Crippen LogP contribution in [0.25, 0.3) is 0 Å². The topological polar surface area (TPSA) is 66.4 Å². The average Bonchev–Trinajstić information content (AvgIpc) is 2.55. The summed E-state index contributed by atoms with van der Waals surface area (Å²) in [5, 5.41) is 13.0. The maximum atomic E-state index is 12.1. The molecule has 0 bridgehead atoms. The van der Waals surface area contributed by atoms with E-state index in [1.165, 1.54) is 0 Å². The van der Waals surface area contributed by atoms with Crippen molar-refractivity contribution in [3.8, 4) is 0 Å². The summed E-state index contributed by atoms with van der Waals surface area (Å²) in [6.45, 7) is 1.77. The highest BCUT2D eigenvalue weighted by molar-refractivity contribution is 5.95. The molecule has 0 radical (unpaired) electrons. The van der Waals surface area contributed by atoms with Gasteiger partial charge in [-0.1, -0.05) is 42.5 Å². The largest absolute Gasteiger partial charge is 0.391 e. The summed E-state index contributed by atoms with van der Waals surface area (Å²) in [6, 6.07) is 15.6. The standard InChI is InChI=1S/C18H19NO3/c1-13(17(21)11-14-5-3-2-4-6-14)19-18(22)16-9-7-15(12-20)8-10-16/h2-10,12-13,17,21H,11H2,1H3,(H,19,22). The molecule has 0 aliphatic heterocycles. The highest BCUT2D eigenvalue weighted by Gasteiger charge is 2.17. The Hall–Kier alpha value is -2.46. The first-order chi connectivity index (χ1) is 10.6. The van der Waals surface area contributed by atoms with Gasteiger partial charge in [0.15, 0.2) is 0 Å². The summed E-state index contributed by atoms with van der Waals surface area (Å²) in [6.07, 6.45) is 0.543. The van der Waals surface area contributed by atoms with E-state index in [1.807, 2.05) is 30.3 Å². The number of benzene rings is 2. The molecule has 0 aliphatic carbocycles. The van der Waals surface area contributed by atoms with E-state index in [0.717, 1.165) is 11.8 Å². The Kier molecular flexibility index (Phi) is 5.44. The van der Waals surface area contributed by atoms with Gasteiger partial charge in [-0.3, -0.25) is 9.59 Å². The second-order valence-electron chi connectivity index (χ2n) is 5.26. The van der Waals surface area contributed by atoms with Crippen LogP contribution in [0.2, 0.25) is 0 Å². The van der Waals surface area contributed by atoms with Crippen LogP contribution in [0.3, 0.4) is 0 Å². The van der Waals surface area contributed by atoms with Crippen LogP contribution >= 0.6 is 0 Å². The summed E-state index contributed by atoms with van der Waals surface area (Å²) >= 11 is 0. The maximum Gasteiger partial charge on any atom is 0.251 e. The second-order valence-corrected chi connectivity index (χ2v) is 5.26. The first kappa shape index (κ1) is 15.9. The fraction of sp³-hybridized carbons (Fsp3) is 0.222. The van der Waals surface area contributed by atoms with Crippen molar-refractivity contribution in [1.29, 1.82) is 0 Å². The molecule has 114 valence electrons. The number of rotatable bonds is 6. The summed E-state index contributed by atoms with van der Waals surface area (Å²) in [5.41, 5.74) is 2.00. The van der Waals surface area contributed by atoms with Gasteiger partial charge < -0.3 is 10.4 Å². The molecule has 0 aliphatic rings. The van der Waals surface area contributed by atoms with Gasteiger partial charge in [0.25, 0.3) is 5.91 Å². The molecule has 0 saturated carbocycles. The number of amides is 1. The minimum Gasteiger partial charge on any atom is -0.391 e. The minimum atomic E-state index is -0.666. The van der Waals surface area contributed by atoms with Gasteiger partial charge in [-0.2, -0.15) is 0 Å². The van der Waals surface area contributed by atoms with Crippen molar-refractivity contribution >= 4 is 12.2 Å². The van der Waals surface area contributed by atoms with Crippen LogP contribution in [-0.2, 0) is 6.42 Å². The molecule has 2 rings (SSSR count). The maximum absolute atomic E-state index is 12.1. The van der Waals surface area contributed by atoms with Crippen molar-refractivity contribution in [1.82, 2.24) is 5.32 Å². The highest BCUT2D eigenvalue weighted by atomic mass is 16.3. The average molecular weight is 297 g/mol. The third-order valence-corrected chi connectivity index (χ3v) is 3.53. The lowest BCUT2D eigenvalue weighted by atomic mass is 10.0. The molecular formula is C18H19NO3. The van der Waals surface area contributed by atoms with Crippen LogP contribution in [0.4, 0.5) is 0 Å². The van der Waals surface area contributed by atoms with E-state index >= 15 is 0 Å². The quantitative estimate of drug-likeness (QED) is 0.803. The molecule has 4 heteroatoms. The fourth-order valence-electron chi connectivity index (χ4n) is 2.13. The zero-order chi connectivity index (χ0) is 15.9. The SMILES string of the molecule is CC(NC(=O)c1ccc(C=O)cc1)C(O)Cc1ccccc1. The Morgan fingerprint density at radius 2 is 1.77 bits per heavy atom. The zero-order valence-corrected chi connectivity index (χ0v) is 12.4. The number of aliphatic hydroxyl groups is 1. The summed E-state index contributed by atoms with van der Waals surface area (Å²) in [7, 11) is 0. The van der Waals surface area contributed by atoms with E-state index in [1.54, 1.807) is 31.2 Å². The monoisotopic (exact) mass is 297 g/mol. The number of aldehydes is 1.